The van der Waals surface area contributed by atoms with E-state index in [0.29, 0.717) is 24.9 Å². The second-order valence-electron chi connectivity index (χ2n) is 4.71. The molecule has 0 radical (unpaired) electrons. The Morgan fingerprint density at radius 1 is 1.56 bits per heavy atom. The molecule has 2 rings (SSSR count). The van der Waals surface area contributed by atoms with Crippen LogP contribution in [0.15, 0.2) is 18.3 Å². The molecule has 0 unspecified atom stereocenters. The highest BCUT2D eigenvalue weighted by Crippen LogP contribution is 2.18. The molecule has 0 aromatic carbocycles. The number of aromatic nitrogens is 1. The Morgan fingerprint density at radius 2 is 2.33 bits per heavy atom. The van der Waals surface area contributed by atoms with Gasteiger partial charge in [-0.25, -0.2) is 10.8 Å². The first-order chi connectivity index (χ1) is 8.67. The van der Waals surface area contributed by atoms with Crippen molar-refractivity contribution < 1.29 is 4.79 Å². The standard InChI is InChI=1S/C12H19N5O/c1-17(8-12(18)15-10-3-4-10)7-9-2-5-11(16-13)14-6-9/h2,5-6,10H,3-4,7-8,13H2,1H3,(H,14,16)(H,15,18). The molecule has 0 bridgehead atoms. The van der Waals surface area contributed by atoms with Crippen molar-refractivity contribution in [3.8, 4) is 0 Å². The summed E-state index contributed by atoms with van der Waals surface area (Å²) in [4.78, 5) is 17.7. The Hall–Kier alpha value is -1.66. The van der Waals surface area contributed by atoms with Gasteiger partial charge in [-0.15, -0.1) is 0 Å². The van der Waals surface area contributed by atoms with E-state index < -0.39 is 0 Å². The minimum Gasteiger partial charge on any atom is -0.352 e. The molecule has 4 N–H and O–H groups in total. The molecule has 1 aromatic rings. The van der Waals surface area contributed by atoms with Crippen LogP contribution < -0.4 is 16.6 Å². The average Bonchev–Trinajstić information content (AvgIpc) is 3.13. The van der Waals surface area contributed by atoms with Gasteiger partial charge in [-0.05, 0) is 31.5 Å². The summed E-state index contributed by atoms with van der Waals surface area (Å²) < 4.78 is 0. The molecule has 6 nitrogen and oxygen atoms in total. The molecule has 1 aliphatic carbocycles. The third kappa shape index (κ3) is 3.97. The first-order valence-corrected chi connectivity index (χ1v) is 6.07. The molecule has 18 heavy (non-hydrogen) atoms. The van der Waals surface area contributed by atoms with Gasteiger partial charge in [0.15, 0.2) is 0 Å². The van der Waals surface area contributed by atoms with Crippen LogP contribution >= 0.6 is 0 Å². The summed E-state index contributed by atoms with van der Waals surface area (Å²) in [5.74, 6) is 5.97. The van der Waals surface area contributed by atoms with Gasteiger partial charge < -0.3 is 10.7 Å². The monoisotopic (exact) mass is 249 g/mol. The Kier molecular flexibility index (Phi) is 4.11. The lowest BCUT2D eigenvalue weighted by atomic mass is 10.2. The van der Waals surface area contributed by atoms with Gasteiger partial charge >= 0.3 is 0 Å². The predicted molar refractivity (Wildman–Crippen MR) is 69.5 cm³/mol. The van der Waals surface area contributed by atoms with Crippen LogP contribution in [0, 0.1) is 0 Å². The number of rotatable bonds is 6. The normalized spacial score (nSPS) is 14.6. The minimum absolute atomic E-state index is 0.0909. The van der Waals surface area contributed by atoms with Crippen molar-refractivity contribution in [1.82, 2.24) is 15.2 Å². The molecule has 1 fully saturated rings. The Bertz CT molecular complexity index is 401. The maximum Gasteiger partial charge on any atom is 0.234 e. The van der Waals surface area contributed by atoms with Gasteiger partial charge in [0.05, 0.1) is 6.54 Å². The van der Waals surface area contributed by atoms with Crippen molar-refractivity contribution in [1.29, 1.82) is 0 Å². The number of anilines is 1. The van der Waals surface area contributed by atoms with Crippen LogP contribution in [-0.2, 0) is 11.3 Å². The molecule has 6 heteroatoms. The highest BCUT2D eigenvalue weighted by Gasteiger charge is 2.23. The molecule has 98 valence electrons. The van der Waals surface area contributed by atoms with Crippen molar-refractivity contribution in [2.45, 2.75) is 25.4 Å². The number of hydrogen-bond donors (Lipinski definition) is 3. The van der Waals surface area contributed by atoms with Crippen LogP contribution in [0.2, 0.25) is 0 Å². The van der Waals surface area contributed by atoms with Gasteiger partial charge in [-0.2, -0.15) is 0 Å². The third-order valence-corrected chi connectivity index (χ3v) is 2.78. The van der Waals surface area contributed by atoms with Crippen LogP contribution in [0.1, 0.15) is 18.4 Å². The number of carbonyl (C=O) groups is 1. The lowest BCUT2D eigenvalue weighted by molar-refractivity contribution is -0.122. The number of nitrogens with two attached hydrogens (primary N) is 1. The summed E-state index contributed by atoms with van der Waals surface area (Å²) in [7, 11) is 1.92. The van der Waals surface area contributed by atoms with Crippen molar-refractivity contribution in [3.05, 3.63) is 23.9 Å². The number of nitrogen functional groups attached to an aromatic ring is 1. The van der Waals surface area contributed by atoms with E-state index in [9.17, 15) is 4.79 Å². The summed E-state index contributed by atoms with van der Waals surface area (Å²) in [5.41, 5.74) is 3.53. The van der Waals surface area contributed by atoms with E-state index in [1.165, 1.54) is 0 Å². The molecule has 0 aliphatic heterocycles. The predicted octanol–water partition coefficient (Wildman–Crippen LogP) is 0.0776. The molecule has 1 saturated carbocycles. The van der Waals surface area contributed by atoms with E-state index in [-0.39, 0.29) is 5.91 Å². The van der Waals surface area contributed by atoms with Gasteiger partial charge in [-0.1, -0.05) is 6.07 Å². The number of likely N-dealkylation sites (N-methyl/N-ethyl adjacent to an activating group) is 1. The Labute approximate surface area is 107 Å². The maximum absolute atomic E-state index is 11.6. The largest absolute Gasteiger partial charge is 0.352 e. The topological polar surface area (TPSA) is 83.3 Å². The quantitative estimate of drug-likeness (QED) is 0.491. The van der Waals surface area contributed by atoms with E-state index in [4.69, 9.17) is 5.84 Å². The second kappa shape index (κ2) is 5.79. The molecule has 1 amide bonds. The zero-order chi connectivity index (χ0) is 13.0. The molecule has 1 aromatic heterocycles. The highest BCUT2D eigenvalue weighted by atomic mass is 16.2. The zero-order valence-corrected chi connectivity index (χ0v) is 10.5. The first-order valence-electron chi connectivity index (χ1n) is 6.07. The number of hydrazine groups is 1. The van der Waals surface area contributed by atoms with E-state index in [1.54, 1.807) is 6.20 Å². The molecule has 0 atom stereocenters. The van der Waals surface area contributed by atoms with E-state index in [1.807, 2.05) is 24.1 Å². The minimum atomic E-state index is 0.0909. The van der Waals surface area contributed by atoms with Gasteiger partial charge in [-0.3, -0.25) is 9.69 Å². The van der Waals surface area contributed by atoms with Gasteiger partial charge in [0.25, 0.3) is 0 Å². The van der Waals surface area contributed by atoms with Crippen molar-refractivity contribution in [3.63, 3.8) is 0 Å². The average molecular weight is 249 g/mol. The van der Waals surface area contributed by atoms with Crippen LogP contribution in [0.5, 0.6) is 0 Å². The van der Waals surface area contributed by atoms with Gasteiger partial charge in [0.1, 0.15) is 5.82 Å². The fourth-order valence-electron chi connectivity index (χ4n) is 1.72. The molecule has 0 saturated heterocycles. The van der Waals surface area contributed by atoms with Crippen LogP contribution in [-0.4, -0.2) is 35.4 Å². The fourth-order valence-corrected chi connectivity index (χ4v) is 1.72. The fraction of sp³-hybridized carbons (Fsp3) is 0.500. The lowest BCUT2D eigenvalue weighted by Crippen LogP contribution is -2.35. The zero-order valence-electron chi connectivity index (χ0n) is 10.5. The molecule has 1 aliphatic rings. The Morgan fingerprint density at radius 3 is 2.89 bits per heavy atom. The van der Waals surface area contributed by atoms with Crippen LogP contribution in [0.3, 0.4) is 0 Å². The highest BCUT2D eigenvalue weighted by molar-refractivity contribution is 5.78. The number of carbonyl (C=O) groups excluding carboxylic acids is 1. The van der Waals surface area contributed by atoms with Crippen LogP contribution in [0.4, 0.5) is 5.82 Å². The summed E-state index contributed by atoms with van der Waals surface area (Å²) in [6.07, 6.45) is 3.99. The third-order valence-electron chi connectivity index (χ3n) is 2.78. The molecule has 0 spiro atoms. The first kappa shape index (κ1) is 12.8. The second-order valence-corrected chi connectivity index (χ2v) is 4.71. The smallest absolute Gasteiger partial charge is 0.234 e. The summed E-state index contributed by atoms with van der Waals surface area (Å²) in [6, 6.07) is 4.17. The van der Waals surface area contributed by atoms with E-state index in [2.05, 4.69) is 15.7 Å². The van der Waals surface area contributed by atoms with Gasteiger partial charge in [0, 0.05) is 18.8 Å². The number of hydrogen-bond acceptors (Lipinski definition) is 5. The summed E-state index contributed by atoms with van der Waals surface area (Å²) in [5, 5.41) is 2.97. The molecular formula is C12H19N5O. The summed E-state index contributed by atoms with van der Waals surface area (Å²) in [6.45, 7) is 1.10. The molecular weight excluding hydrogens is 230 g/mol. The maximum atomic E-state index is 11.6. The van der Waals surface area contributed by atoms with E-state index in [0.717, 1.165) is 18.4 Å². The summed E-state index contributed by atoms with van der Waals surface area (Å²) >= 11 is 0. The molecule has 1 heterocycles. The lowest BCUT2D eigenvalue weighted by Gasteiger charge is -2.16. The number of amides is 1. The van der Waals surface area contributed by atoms with E-state index >= 15 is 0 Å². The van der Waals surface area contributed by atoms with Gasteiger partial charge in [0.2, 0.25) is 5.91 Å². The van der Waals surface area contributed by atoms with Crippen molar-refractivity contribution in [2.75, 3.05) is 19.0 Å². The number of nitrogens with one attached hydrogen (secondary N) is 2. The number of pyridine rings is 1. The van der Waals surface area contributed by atoms with Crippen LogP contribution in [0.25, 0.3) is 0 Å². The Balaban J connectivity index is 1.77. The van der Waals surface area contributed by atoms with Crippen molar-refractivity contribution in [2.24, 2.45) is 5.84 Å². The van der Waals surface area contributed by atoms with Crippen molar-refractivity contribution >= 4 is 11.7 Å². The number of nitrogens with zero attached hydrogens (tertiary/aromatic N) is 2. The SMILES string of the molecule is CN(CC(=O)NC1CC1)Cc1ccc(NN)nc1.